The van der Waals surface area contributed by atoms with Crippen LogP contribution in [0.15, 0.2) is 22.7 Å². The Kier molecular flexibility index (Phi) is 3.29. The van der Waals surface area contributed by atoms with Gasteiger partial charge in [0.1, 0.15) is 6.61 Å². The molecule has 1 rings (SSSR count). The Balaban J connectivity index is 3.11. The summed E-state index contributed by atoms with van der Waals surface area (Å²) < 4.78 is 0.993. The van der Waals surface area contributed by atoms with E-state index in [0.29, 0.717) is 5.92 Å². The quantitative estimate of drug-likeness (QED) is 0.821. The summed E-state index contributed by atoms with van der Waals surface area (Å²) in [5.74, 6) is 0.441. The second-order valence-corrected chi connectivity index (χ2v) is 3.97. The van der Waals surface area contributed by atoms with Crippen LogP contribution in [0.3, 0.4) is 0 Å². The SMILES string of the molecule is CC(C)c1ccc(Br)cc1[CH]O. The minimum absolute atomic E-state index is 0.441. The van der Waals surface area contributed by atoms with Crippen molar-refractivity contribution in [3.8, 4) is 0 Å². The molecule has 0 heterocycles. The smallest absolute Gasteiger partial charge is 0.109 e. The molecule has 0 aliphatic carbocycles. The number of halogens is 1. The third kappa shape index (κ3) is 2.08. The number of hydrogen-bond donors (Lipinski definition) is 1. The van der Waals surface area contributed by atoms with Crippen molar-refractivity contribution in [1.29, 1.82) is 0 Å². The number of aliphatic hydroxyl groups excluding tert-OH is 1. The van der Waals surface area contributed by atoms with Crippen molar-refractivity contribution >= 4 is 15.9 Å². The van der Waals surface area contributed by atoms with Crippen molar-refractivity contribution in [1.82, 2.24) is 0 Å². The summed E-state index contributed by atoms with van der Waals surface area (Å²) in [6, 6.07) is 5.93. The van der Waals surface area contributed by atoms with Crippen LogP contribution in [0.5, 0.6) is 0 Å². The van der Waals surface area contributed by atoms with Gasteiger partial charge in [0.05, 0.1) is 0 Å². The Morgan fingerprint density at radius 3 is 2.58 bits per heavy atom. The standard InChI is InChI=1S/C10H12BrO/c1-7(2)10-4-3-9(11)5-8(10)6-12/h3-7,12H,1-2H3. The molecule has 0 saturated heterocycles. The summed E-state index contributed by atoms with van der Waals surface area (Å²) in [4.78, 5) is 0. The summed E-state index contributed by atoms with van der Waals surface area (Å²) in [5.41, 5.74) is 2.06. The van der Waals surface area contributed by atoms with Gasteiger partial charge in [-0.1, -0.05) is 35.8 Å². The second-order valence-electron chi connectivity index (χ2n) is 3.06. The first-order valence-electron chi connectivity index (χ1n) is 3.92. The summed E-state index contributed by atoms with van der Waals surface area (Å²) >= 11 is 3.36. The molecule has 1 N–H and O–H groups in total. The molecule has 0 fully saturated rings. The van der Waals surface area contributed by atoms with E-state index < -0.39 is 0 Å². The topological polar surface area (TPSA) is 20.2 Å². The second kappa shape index (κ2) is 4.06. The van der Waals surface area contributed by atoms with Gasteiger partial charge in [0, 0.05) is 4.47 Å². The lowest BCUT2D eigenvalue weighted by Gasteiger charge is -2.10. The molecule has 12 heavy (non-hydrogen) atoms. The lowest BCUT2D eigenvalue weighted by atomic mass is 9.98. The van der Waals surface area contributed by atoms with E-state index in [1.807, 2.05) is 18.2 Å². The van der Waals surface area contributed by atoms with Crippen molar-refractivity contribution in [3.63, 3.8) is 0 Å². The van der Waals surface area contributed by atoms with Crippen LogP contribution in [0.4, 0.5) is 0 Å². The van der Waals surface area contributed by atoms with E-state index in [2.05, 4.69) is 29.8 Å². The van der Waals surface area contributed by atoms with Gasteiger partial charge in [0.2, 0.25) is 0 Å². The van der Waals surface area contributed by atoms with Crippen LogP contribution in [0.1, 0.15) is 30.9 Å². The van der Waals surface area contributed by atoms with Crippen LogP contribution in [0, 0.1) is 6.61 Å². The van der Waals surface area contributed by atoms with Gasteiger partial charge < -0.3 is 5.11 Å². The van der Waals surface area contributed by atoms with E-state index in [9.17, 15) is 0 Å². The lowest BCUT2D eigenvalue weighted by Crippen LogP contribution is -1.94. The number of aliphatic hydroxyl groups is 1. The van der Waals surface area contributed by atoms with Gasteiger partial charge >= 0.3 is 0 Å². The van der Waals surface area contributed by atoms with Crippen molar-refractivity contribution in [2.24, 2.45) is 0 Å². The molecule has 0 amide bonds. The number of hydrogen-bond acceptors (Lipinski definition) is 1. The van der Waals surface area contributed by atoms with Crippen LogP contribution < -0.4 is 0 Å². The molecule has 2 heteroatoms. The molecular weight excluding hydrogens is 216 g/mol. The van der Waals surface area contributed by atoms with Gasteiger partial charge in [0.25, 0.3) is 0 Å². The summed E-state index contributed by atoms with van der Waals surface area (Å²) in [7, 11) is 0. The maximum atomic E-state index is 8.95. The van der Waals surface area contributed by atoms with E-state index in [0.717, 1.165) is 16.6 Å². The molecule has 0 saturated carbocycles. The van der Waals surface area contributed by atoms with Gasteiger partial charge in [-0.3, -0.25) is 0 Å². The van der Waals surface area contributed by atoms with Crippen LogP contribution >= 0.6 is 15.9 Å². The van der Waals surface area contributed by atoms with E-state index >= 15 is 0 Å². The van der Waals surface area contributed by atoms with Crippen molar-refractivity contribution < 1.29 is 5.11 Å². The highest BCUT2D eigenvalue weighted by atomic mass is 79.9. The fourth-order valence-electron chi connectivity index (χ4n) is 1.18. The highest BCUT2D eigenvalue weighted by molar-refractivity contribution is 9.10. The van der Waals surface area contributed by atoms with Gasteiger partial charge in [-0.05, 0) is 29.2 Å². The largest absolute Gasteiger partial charge is 0.385 e. The fourth-order valence-corrected chi connectivity index (χ4v) is 1.56. The highest BCUT2D eigenvalue weighted by Crippen LogP contribution is 2.23. The average Bonchev–Trinajstić information content (AvgIpc) is 2.03. The molecule has 0 spiro atoms. The minimum Gasteiger partial charge on any atom is -0.385 e. The third-order valence-corrected chi connectivity index (χ3v) is 2.30. The van der Waals surface area contributed by atoms with Crippen molar-refractivity contribution in [2.45, 2.75) is 19.8 Å². The first-order chi connectivity index (χ1) is 5.65. The molecule has 0 bridgehead atoms. The fraction of sp³-hybridized carbons (Fsp3) is 0.300. The summed E-state index contributed by atoms with van der Waals surface area (Å²) in [5, 5.41) is 8.95. The van der Waals surface area contributed by atoms with E-state index in [1.54, 1.807) is 0 Å². The zero-order valence-corrected chi connectivity index (χ0v) is 8.80. The minimum atomic E-state index is 0.441. The van der Waals surface area contributed by atoms with E-state index in [4.69, 9.17) is 5.11 Å². The zero-order chi connectivity index (χ0) is 9.14. The number of rotatable bonds is 2. The van der Waals surface area contributed by atoms with E-state index in [1.165, 1.54) is 5.56 Å². The Morgan fingerprint density at radius 2 is 2.08 bits per heavy atom. The molecule has 0 aromatic heterocycles. The predicted octanol–water partition coefficient (Wildman–Crippen LogP) is 3.45. The van der Waals surface area contributed by atoms with Gasteiger partial charge in [0.15, 0.2) is 0 Å². The molecule has 0 aliphatic heterocycles. The Morgan fingerprint density at radius 1 is 1.42 bits per heavy atom. The maximum absolute atomic E-state index is 8.95. The van der Waals surface area contributed by atoms with Gasteiger partial charge in [-0.25, -0.2) is 0 Å². The average molecular weight is 228 g/mol. The molecule has 65 valence electrons. The summed E-state index contributed by atoms with van der Waals surface area (Å²) in [6.07, 6.45) is 0. The molecular formula is C10H12BrO. The first kappa shape index (κ1) is 9.75. The van der Waals surface area contributed by atoms with Crippen molar-refractivity contribution in [2.75, 3.05) is 0 Å². The van der Waals surface area contributed by atoms with Gasteiger partial charge in [-0.2, -0.15) is 0 Å². The van der Waals surface area contributed by atoms with E-state index in [-0.39, 0.29) is 0 Å². The van der Waals surface area contributed by atoms with Crippen LogP contribution in [-0.4, -0.2) is 5.11 Å². The van der Waals surface area contributed by atoms with Crippen LogP contribution in [0.2, 0.25) is 0 Å². The Bertz CT molecular complexity index is 269. The third-order valence-electron chi connectivity index (χ3n) is 1.81. The molecule has 1 aromatic carbocycles. The molecule has 1 nitrogen and oxygen atoms in total. The molecule has 0 atom stereocenters. The zero-order valence-electron chi connectivity index (χ0n) is 7.21. The Hall–Kier alpha value is -0.340. The highest BCUT2D eigenvalue weighted by Gasteiger charge is 2.05. The monoisotopic (exact) mass is 227 g/mol. The van der Waals surface area contributed by atoms with Gasteiger partial charge in [-0.15, -0.1) is 0 Å². The maximum Gasteiger partial charge on any atom is 0.109 e. The number of benzene rings is 1. The molecule has 0 aliphatic rings. The molecule has 1 radical (unpaired) electrons. The molecule has 1 aromatic rings. The summed E-state index contributed by atoms with van der Waals surface area (Å²) in [6.45, 7) is 5.37. The normalized spacial score (nSPS) is 10.8. The van der Waals surface area contributed by atoms with Crippen LogP contribution in [-0.2, 0) is 0 Å². The first-order valence-corrected chi connectivity index (χ1v) is 4.71. The Labute approximate surface area is 81.6 Å². The molecule has 0 unspecified atom stereocenters. The van der Waals surface area contributed by atoms with Crippen LogP contribution in [0.25, 0.3) is 0 Å². The lowest BCUT2D eigenvalue weighted by molar-refractivity contribution is 0.413. The predicted molar refractivity (Wildman–Crippen MR) is 53.6 cm³/mol. The van der Waals surface area contributed by atoms with Crippen molar-refractivity contribution in [3.05, 3.63) is 40.4 Å².